The van der Waals surface area contributed by atoms with Crippen molar-refractivity contribution in [3.05, 3.63) is 28.2 Å². The maximum absolute atomic E-state index is 10.2. The molecule has 0 N–H and O–H groups in total. The number of carbonyl (C=O) groups excluding carboxylic acids is 1. The van der Waals surface area contributed by atoms with Crippen molar-refractivity contribution < 1.29 is 9.53 Å². The SMILES string of the molecule is O=C=NC1CCOc2ccc(Br)cc21. The molecular weight excluding hydrogens is 246 g/mol. The van der Waals surface area contributed by atoms with Gasteiger partial charge in [-0.3, -0.25) is 0 Å². The quantitative estimate of drug-likeness (QED) is 0.570. The van der Waals surface area contributed by atoms with Crippen LogP contribution in [0, 0.1) is 0 Å². The maximum Gasteiger partial charge on any atom is 0.235 e. The first-order valence-electron chi connectivity index (χ1n) is 4.30. The fourth-order valence-electron chi connectivity index (χ4n) is 1.54. The summed E-state index contributed by atoms with van der Waals surface area (Å²) in [5, 5.41) is 0. The zero-order valence-corrected chi connectivity index (χ0v) is 8.95. The van der Waals surface area contributed by atoms with E-state index in [9.17, 15) is 4.79 Å². The first-order valence-corrected chi connectivity index (χ1v) is 5.10. The molecule has 0 fully saturated rings. The number of halogens is 1. The number of fused-ring (bicyclic) bond motifs is 1. The number of nitrogens with zero attached hydrogens (tertiary/aromatic N) is 1. The molecular formula is C10H8BrNO2. The zero-order valence-electron chi connectivity index (χ0n) is 7.37. The van der Waals surface area contributed by atoms with Gasteiger partial charge in [-0.25, -0.2) is 4.79 Å². The Labute approximate surface area is 89.9 Å². The van der Waals surface area contributed by atoms with E-state index in [4.69, 9.17) is 4.74 Å². The lowest BCUT2D eigenvalue weighted by atomic mass is 10.0. The molecule has 0 spiro atoms. The van der Waals surface area contributed by atoms with Gasteiger partial charge in [0.15, 0.2) is 0 Å². The Balaban J connectivity index is 2.46. The van der Waals surface area contributed by atoms with Crippen LogP contribution in [0.5, 0.6) is 5.75 Å². The summed E-state index contributed by atoms with van der Waals surface area (Å²) in [5.74, 6) is 0.809. The Bertz CT molecular complexity index is 399. The van der Waals surface area contributed by atoms with Crippen LogP contribution in [0.15, 0.2) is 27.7 Å². The van der Waals surface area contributed by atoms with E-state index in [0.717, 1.165) is 22.2 Å². The highest BCUT2D eigenvalue weighted by molar-refractivity contribution is 9.10. The molecule has 0 aromatic heterocycles. The Morgan fingerprint density at radius 2 is 2.43 bits per heavy atom. The van der Waals surface area contributed by atoms with Crippen molar-refractivity contribution >= 4 is 22.0 Å². The number of benzene rings is 1. The van der Waals surface area contributed by atoms with Gasteiger partial charge in [-0.05, 0) is 18.2 Å². The minimum Gasteiger partial charge on any atom is -0.493 e. The molecule has 4 heteroatoms. The summed E-state index contributed by atoms with van der Waals surface area (Å²) in [6.45, 7) is 0.602. The predicted octanol–water partition coefficient (Wildman–Crippen LogP) is 2.61. The predicted molar refractivity (Wildman–Crippen MR) is 55.1 cm³/mol. The van der Waals surface area contributed by atoms with Gasteiger partial charge in [0.05, 0.1) is 12.6 Å². The van der Waals surface area contributed by atoms with Crippen molar-refractivity contribution in [1.29, 1.82) is 0 Å². The lowest BCUT2D eigenvalue weighted by molar-refractivity contribution is 0.269. The van der Waals surface area contributed by atoms with Crippen molar-refractivity contribution in [2.75, 3.05) is 6.61 Å². The van der Waals surface area contributed by atoms with Crippen LogP contribution in [0.3, 0.4) is 0 Å². The summed E-state index contributed by atoms with van der Waals surface area (Å²) in [4.78, 5) is 14.0. The molecule has 0 radical (unpaired) electrons. The van der Waals surface area contributed by atoms with E-state index in [1.54, 1.807) is 6.08 Å². The molecule has 0 saturated carbocycles. The molecule has 1 aromatic rings. The lowest BCUT2D eigenvalue weighted by Crippen LogP contribution is -2.12. The second-order valence-electron chi connectivity index (χ2n) is 3.06. The van der Waals surface area contributed by atoms with Crippen molar-refractivity contribution in [1.82, 2.24) is 0 Å². The summed E-state index contributed by atoms with van der Waals surface area (Å²) in [5.41, 5.74) is 0.953. The van der Waals surface area contributed by atoms with Crippen LogP contribution in [-0.2, 0) is 4.79 Å². The minimum absolute atomic E-state index is 0.103. The fourth-order valence-corrected chi connectivity index (χ4v) is 1.92. The molecule has 0 amide bonds. The average molecular weight is 254 g/mol. The highest BCUT2D eigenvalue weighted by Crippen LogP contribution is 2.35. The molecule has 1 aliphatic heterocycles. The van der Waals surface area contributed by atoms with E-state index in [-0.39, 0.29) is 6.04 Å². The van der Waals surface area contributed by atoms with Gasteiger partial charge in [0, 0.05) is 16.5 Å². The summed E-state index contributed by atoms with van der Waals surface area (Å²) in [6.07, 6.45) is 2.34. The first-order chi connectivity index (χ1) is 6.81. The van der Waals surface area contributed by atoms with E-state index in [1.165, 1.54) is 0 Å². The number of hydrogen-bond donors (Lipinski definition) is 0. The molecule has 0 aliphatic carbocycles. The van der Waals surface area contributed by atoms with Gasteiger partial charge in [0.2, 0.25) is 6.08 Å². The van der Waals surface area contributed by atoms with Gasteiger partial charge in [-0.2, -0.15) is 4.99 Å². The molecule has 0 bridgehead atoms. The van der Waals surface area contributed by atoms with E-state index in [2.05, 4.69) is 20.9 Å². The highest BCUT2D eigenvalue weighted by atomic mass is 79.9. The van der Waals surface area contributed by atoms with Crippen molar-refractivity contribution in [3.63, 3.8) is 0 Å². The summed E-state index contributed by atoms with van der Waals surface area (Å²) >= 11 is 3.37. The van der Waals surface area contributed by atoms with Crippen LogP contribution in [-0.4, -0.2) is 12.7 Å². The Morgan fingerprint density at radius 1 is 1.57 bits per heavy atom. The summed E-state index contributed by atoms with van der Waals surface area (Å²) in [6, 6.07) is 5.62. The average Bonchev–Trinajstić information content (AvgIpc) is 2.19. The molecule has 1 heterocycles. The molecule has 1 aliphatic rings. The number of ether oxygens (including phenoxy) is 1. The molecule has 14 heavy (non-hydrogen) atoms. The number of aliphatic imine (C=N–C) groups is 1. The molecule has 1 atom stereocenters. The third-order valence-electron chi connectivity index (χ3n) is 2.19. The van der Waals surface area contributed by atoms with Gasteiger partial charge in [0.1, 0.15) is 5.75 Å². The van der Waals surface area contributed by atoms with Crippen LogP contribution in [0.25, 0.3) is 0 Å². The van der Waals surface area contributed by atoms with Crippen LogP contribution < -0.4 is 4.74 Å². The second kappa shape index (κ2) is 3.95. The van der Waals surface area contributed by atoms with Crippen LogP contribution >= 0.6 is 15.9 Å². The number of isocyanates is 1. The van der Waals surface area contributed by atoms with Gasteiger partial charge in [0.25, 0.3) is 0 Å². The van der Waals surface area contributed by atoms with Crippen LogP contribution in [0.2, 0.25) is 0 Å². The Hall–Kier alpha value is -1.12. The normalized spacial score (nSPS) is 19.1. The summed E-state index contributed by atoms with van der Waals surface area (Å²) < 4.78 is 6.41. The molecule has 2 rings (SSSR count). The van der Waals surface area contributed by atoms with Gasteiger partial charge in [-0.1, -0.05) is 15.9 Å². The highest BCUT2D eigenvalue weighted by Gasteiger charge is 2.20. The molecule has 1 unspecified atom stereocenters. The first kappa shape index (κ1) is 9.44. The van der Waals surface area contributed by atoms with Crippen molar-refractivity contribution in [2.45, 2.75) is 12.5 Å². The molecule has 72 valence electrons. The smallest absolute Gasteiger partial charge is 0.235 e. The van der Waals surface area contributed by atoms with E-state index in [1.807, 2.05) is 18.2 Å². The van der Waals surface area contributed by atoms with E-state index in [0.29, 0.717) is 6.61 Å². The van der Waals surface area contributed by atoms with Crippen molar-refractivity contribution in [2.24, 2.45) is 4.99 Å². The topological polar surface area (TPSA) is 38.7 Å². The van der Waals surface area contributed by atoms with Gasteiger partial charge < -0.3 is 4.74 Å². The molecule has 0 saturated heterocycles. The maximum atomic E-state index is 10.2. The van der Waals surface area contributed by atoms with Gasteiger partial charge in [-0.15, -0.1) is 0 Å². The zero-order chi connectivity index (χ0) is 9.97. The lowest BCUT2D eigenvalue weighted by Gasteiger charge is -2.22. The largest absolute Gasteiger partial charge is 0.493 e. The standard InChI is InChI=1S/C10H8BrNO2/c11-7-1-2-10-8(5-7)9(12-6-13)3-4-14-10/h1-2,5,9H,3-4H2. The molecule has 1 aromatic carbocycles. The van der Waals surface area contributed by atoms with E-state index >= 15 is 0 Å². The van der Waals surface area contributed by atoms with Crippen LogP contribution in [0.4, 0.5) is 0 Å². The number of rotatable bonds is 1. The fraction of sp³-hybridized carbons (Fsp3) is 0.300. The minimum atomic E-state index is -0.103. The number of hydrogen-bond acceptors (Lipinski definition) is 3. The van der Waals surface area contributed by atoms with E-state index < -0.39 is 0 Å². The third-order valence-corrected chi connectivity index (χ3v) is 2.68. The summed E-state index contributed by atoms with van der Waals surface area (Å²) in [7, 11) is 0. The van der Waals surface area contributed by atoms with Gasteiger partial charge >= 0.3 is 0 Å². The third kappa shape index (κ3) is 1.72. The Morgan fingerprint density at radius 3 is 3.21 bits per heavy atom. The molecule has 3 nitrogen and oxygen atoms in total. The monoisotopic (exact) mass is 253 g/mol. The Kier molecular flexibility index (Phi) is 2.66. The van der Waals surface area contributed by atoms with Crippen LogP contribution in [0.1, 0.15) is 18.0 Å². The second-order valence-corrected chi connectivity index (χ2v) is 3.97. The van der Waals surface area contributed by atoms with Crippen molar-refractivity contribution in [3.8, 4) is 5.75 Å².